The van der Waals surface area contributed by atoms with Gasteiger partial charge in [-0.1, -0.05) is 11.2 Å². The van der Waals surface area contributed by atoms with Crippen molar-refractivity contribution in [2.45, 2.75) is 52.3 Å². The van der Waals surface area contributed by atoms with Gasteiger partial charge in [0.1, 0.15) is 11.6 Å². The van der Waals surface area contributed by atoms with Crippen LogP contribution < -0.4 is 4.72 Å². The predicted molar refractivity (Wildman–Crippen MR) is 98.9 cm³/mol. The molecule has 2 aromatic rings. The van der Waals surface area contributed by atoms with Crippen LogP contribution in [0.4, 0.5) is 10.5 Å². The van der Waals surface area contributed by atoms with Gasteiger partial charge in [0.05, 0.1) is 12.2 Å². The van der Waals surface area contributed by atoms with Crippen molar-refractivity contribution >= 4 is 22.1 Å². The molecule has 0 spiro atoms. The van der Waals surface area contributed by atoms with Crippen LogP contribution in [0.15, 0.2) is 22.7 Å². The second-order valence-electron chi connectivity index (χ2n) is 7.57. The molecule has 10 nitrogen and oxygen atoms in total. The van der Waals surface area contributed by atoms with Crippen molar-refractivity contribution in [2.24, 2.45) is 0 Å². The van der Waals surface area contributed by atoms with Crippen molar-refractivity contribution in [3.05, 3.63) is 41.0 Å². The van der Waals surface area contributed by atoms with E-state index in [-0.39, 0.29) is 12.2 Å². The first kappa shape index (κ1) is 20.1. The Bertz CT molecular complexity index is 995. The Labute approximate surface area is 162 Å². The van der Waals surface area contributed by atoms with E-state index in [0.29, 0.717) is 23.7 Å². The van der Waals surface area contributed by atoms with E-state index in [1.165, 1.54) is 11.0 Å². The fourth-order valence-corrected chi connectivity index (χ4v) is 3.40. The zero-order valence-electron chi connectivity index (χ0n) is 16.0. The minimum atomic E-state index is -4.40. The fraction of sp³-hybridized carbons (Fsp3) is 0.471. The largest absolute Gasteiger partial charge is 0.444 e. The van der Waals surface area contributed by atoms with Crippen LogP contribution in [0.1, 0.15) is 49.7 Å². The number of amides is 1. The van der Waals surface area contributed by atoms with Crippen LogP contribution in [-0.4, -0.2) is 39.7 Å². The van der Waals surface area contributed by atoms with Crippen LogP contribution in [0.2, 0.25) is 0 Å². The molecule has 0 radical (unpaired) electrons. The molecule has 0 aliphatic carbocycles. The van der Waals surface area contributed by atoms with Crippen LogP contribution in [0, 0.1) is 6.92 Å². The van der Waals surface area contributed by atoms with Crippen LogP contribution in [0.3, 0.4) is 0 Å². The second-order valence-corrected chi connectivity index (χ2v) is 8.72. The monoisotopic (exact) mass is 410 g/mol. The molecule has 3 rings (SSSR count). The average molecular weight is 410 g/mol. The lowest BCUT2D eigenvalue weighted by atomic mass is 9.93. The minimum Gasteiger partial charge on any atom is -0.444 e. The van der Waals surface area contributed by atoms with Crippen molar-refractivity contribution < 1.29 is 27.0 Å². The second kappa shape index (κ2) is 7.06. The van der Waals surface area contributed by atoms with Crippen molar-refractivity contribution in [2.75, 3.05) is 4.72 Å². The first-order valence-corrected chi connectivity index (χ1v) is 10.0. The number of rotatable bonds is 3. The maximum absolute atomic E-state index is 12.8. The number of hydrogen-bond acceptors (Lipinski definition) is 7. The smallest absolute Gasteiger partial charge is 0.411 e. The maximum atomic E-state index is 12.8. The van der Waals surface area contributed by atoms with Gasteiger partial charge in [-0.25, -0.2) is 4.79 Å². The predicted octanol–water partition coefficient (Wildman–Crippen LogP) is 2.63. The van der Waals surface area contributed by atoms with Crippen LogP contribution in [-0.2, 0) is 28.0 Å². The zero-order valence-corrected chi connectivity index (χ0v) is 16.8. The Morgan fingerprint density at radius 2 is 2.07 bits per heavy atom. The molecule has 1 aliphatic heterocycles. The zero-order chi connectivity index (χ0) is 20.7. The van der Waals surface area contributed by atoms with E-state index in [4.69, 9.17) is 13.8 Å². The molecular formula is C17H22N4O6S. The first-order valence-electron chi connectivity index (χ1n) is 8.58. The van der Waals surface area contributed by atoms with Crippen molar-refractivity contribution in [1.82, 2.24) is 15.0 Å². The molecule has 1 amide bonds. The number of nitrogens with zero attached hydrogens (tertiary/aromatic N) is 3. The summed E-state index contributed by atoms with van der Waals surface area (Å²) in [4.78, 5) is 18.5. The van der Waals surface area contributed by atoms with E-state index in [1.54, 1.807) is 39.8 Å². The highest BCUT2D eigenvalue weighted by atomic mass is 32.2. The van der Waals surface area contributed by atoms with Crippen LogP contribution in [0.5, 0.6) is 0 Å². The van der Waals surface area contributed by atoms with E-state index in [1.807, 2.05) is 4.72 Å². The molecule has 2 N–H and O–H groups in total. The first-order chi connectivity index (χ1) is 12.9. The molecule has 152 valence electrons. The van der Waals surface area contributed by atoms with Gasteiger partial charge in [-0.05, 0) is 51.0 Å². The topological polar surface area (TPSA) is 135 Å². The number of anilines is 1. The number of ether oxygens (including phenoxy) is 1. The molecule has 2 heterocycles. The minimum absolute atomic E-state index is 0.150. The van der Waals surface area contributed by atoms with E-state index < -0.39 is 28.0 Å². The lowest BCUT2D eigenvalue weighted by molar-refractivity contribution is 0.00786. The van der Waals surface area contributed by atoms with Gasteiger partial charge in [-0.2, -0.15) is 13.4 Å². The van der Waals surface area contributed by atoms with Crippen LogP contribution >= 0.6 is 0 Å². The molecule has 1 atom stereocenters. The third-order valence-electron chi connectivity index (χ3n) is 4.04. The number of fused-ring (bicyclic) bond motifs is 1. The highest BCUT2D eigenvalue weighted by Crippen LogP contribution is 2.35. The molecule has 0 fully saturated rings. The number of aryl methyl sites for hydroxylation is 1. The molecule has 1 aromatic carbocycles. The number of hydrogen-bond donors (Lipinski definition) is 2. The summed E-state index contributed by atoms with van der Waals surface area (Å²) in [5, 5.41) is 3.80. The standard InChI is InChI=1S/C17H22N4O6S/c1-10-18-15(27-19-10)14-8-11-5-6-13(20-28(23,24)25)7-12(11)9-21(14)16(22)26-17(2,3)4/h5-7,14,20H,8-9H2,1-4H3,(H,23,24,25)/t14-/m0/s1. The van der Waals surface area contributed by atoms with Gasteiger partial charge < -0.3 is 9.26 Å². The van der Waals surface area contributed by atoms with E-state index in [0.717, 1.165) is 5.56 Å². The SMILES string of the molecule is Cc1noc([C@@H]2Cc3ccc(NS(=O)(=O)O)cc3CN2C(=O)OC(C)(C)C)n1. The van der Waals surface area contributed by atoms with E-state index in [2.05, 4.69) is 10.1 Å². The highest BCUT2D eigenvalue weighted by Gasteiger charge is 2.37. The summed E-state index contributed by atoms with van der Waals surface area (Å²) in [5.74, 6) is 0.756. The number of benzene rings is 1. The lowest BCUT2D eigenvalue weighted by Gasteiger charge is -2.36. The summed E-state index contributed by atoms with van der Waals surface area (Å²) in [5.41, 5.74) is 1.10. The van der Waals surface area contributed by atoms with Crippen molar-refractivity contribution in [1.29, 1.82) is 0 Å². The van der Waals surface area contributed by atoms with Gasteiger partial charge >= 0.3 is 16.4 Å². The normalized spacial score (nSPS) is 17.2. The van der Waals surface area contributed by atoms with Gasteiger partial charge in [0.25, 0.3) is 0 Å². The summed E-state index contributed by atoms with van der Waals surface area (Å²) >= 11 is 0. The van der Waals surface area contributed by atoms with Crippen LogP contribution in [0.25, 0.3) is 0 Å². The molecule has 28 heavy (non-hydrogen) atoms. The highest BCUT2D eigenvalue weighted by molar-refractivity contribution is 7.87. The molecule has 0 saturated heterocycles. The molecule has 1 aliphatic rings. The summed E-state index contributed by atoms with van der Waals surface area (Å²) in [7, 11) is -4.40. The molecule has 11 heteroatoms. The third kappa shape index (κ3) is 4.78. The van der Waals surface area contributed by atoms with Gasteiger partial charge in [0.2, 0.25) is 5.89 Å². The van der Waals surface area contributed by atoms with Gasteiger partial charge in [-0.15, -0.1) is 0 Å². The summed E-state index contributed by atoms with van der Waals surface area (Å²) < 4.78 is 43.9. The summed E-state index contributed by atoms with van der Waals surface area (Å²) in [6, 6.07) is 4.32. The summed E-state index contributed by atoms with van der Waals surface area (Å²) in [6.45, 7) is 7.14. The Kier molecular flexibility index (Phi) is 5.06. The Balaban J connectivity index is 1.96. The fourth-order valence-electron chi connectivity index (χ4n) is 2.98. The Morgan fingerprint density at radius 3 is 2.64 bits per heavy atom. The number of aromatic nitrogens is 2. The number of carbonyl (C=O) groups excluding carboxylic acids is 1. The Morgan fingerprint density at radius 1 is 1.36 bits per heavy atom. The van der Waals surface area contributed by atoms with Crippen molar-refractivity contribution in [3.8, 4) is 0 Å². The molecule has 0 saturated carbocycles. The quantitative estimate of drug-likeness (QED) is 0.737. The molecule has 0 unspecified atom stereocenters. The molecule has 0 bridgehead atoms. The lowest BCUT2D eigenvalue weighted by Crippen LogP contribution is -2.42. The third-order valence-corrected chi connectivity index (χ3v) is 4.53. The average Bonchev–Trinajstić information content (AvgIpc) is 2.96. The summed E-state index contributed by atoms with van der Waals surface area (Å²) in [6.07, 6.45) is -0.158. The number of nitrogens with one attached hydrogen (secondary N) is 1. The molecule has 1 aromatic heterocycles. The number of carbonyl (C=O) groups is 1. The van der Waals surface area contributed by atoms with Gasteiger partial charge in [0.15, 0.2) is 5.82 Å². The molecular weight excluding hydrogens is 388 g/mol. The van der Waals surface area contributed by atoms with Gasteiger partial charge in [-0.3, -0.25) is 14.2 Å². The van der Waals surface area contributed by atoms with Gasteiger partial charge in [0, 0.05) is 6.42 Å². The Hall–Kier alpha value is -2.66. The maximum Gasteiger partial charge on any atom is 0.411 e. The van der Waals surface area contributed by atoms with E-state index >= 15 is 0 Å². The van der Waals surface area contributed by atoms with Crippen molar-refractivity contribution in [3.63, 3.8) is 0 Å². The van der Waals surface area contributed by atoms with E-state index in [9.17, 15) is 13.2 Å².